The first-order valence-electron chi connectivity index (χ1n) is 9.52. The Labute approximate surface area is 173 Å². The molecule has 0 saturated carbocycles. The van der Waals surface area contributed by atoms with Gasteiger partial charge in [-0.15, -0.1) is 11.3 Å². The van der Waals surface area contributed by atoms with E-state index in [1.807, 2.05) is 35.8 Å². The average Bonchev–Trinajstić information content (AvgIpc) is 3.36. The van der Waals surface area contributed by atoms with E-state index in [1.165, 1.54) is 10.6 Å². The maximum Gasteiger partial charge on any atom is 0.223 e. The standard InChI is InChI=1S/C19H23N5O3S2/c1-29(26,27)23-9-5-14(6-10-23)19(25)20-8-4-15-13-18-21-16(7-11-24(18)22-15)17-3-2-12-28-17/h2-3,7,11-14H,4-6,8-10H2,1H3,(H,20,25). The van der Waals surface area contributed by atoms with Crippen molar-refractivity contribution >= 4 is 32.9 Å². The van der Waals surface area contributed by atoms with Gasteiger partial charge in [0, 0.05) is 44.2 Å². The zero-order chi connectivity index (χ0) is 20.4. The molecular formula is C19H23N5O3S2. The molecule has 4 heterocycles. The molecule has 154 valence electrons. The summed E-state index contributed by atoms with van der Waals surface area (Å²) in [5.41, 5.74) is 2.58. The highest BCUT2D eigenvalue weighted by atomic mass is 32.2. The molecule has 1 saturated heterocycles. The molecule has 3 aromatic rings. The van der Waals surface area contributed by atoms with E-state index in [2.05, 4.69) is 15.4 Å². The van der Waals surface area contributed by atoms with Crippen LogP contribution in [0.1, 0.15) is 18.5 Å². The molecule has 0 bridgehead atoms. The quantitative estimate of drug-likeness (QED) is 0.639. The van der Waals surface area contributed by atoms with Crippen LogP contribution >= 0.6 is 11.3 Å². The minimum atomic E-state index is -3.17. The summed E-state index contributed by atoms with van der Waals surface area (Å²) in [4.78, 5) is 18.1. The maximum atomic E-state index is 12.4. The summed E-state index contributed by atoms with van der Waals surface area (Å²) in [6.07, 6.45) is 4.84. The molecule has 0 spiro atoms. The second-order valence-corrected chi connectivity index (χ2v) is 10.1. The van der Waals surface area contributed by atoms with Crippen molar-refractivity contribution in [3.8, 4) is 10.6 Å². The van der Waals surface area contributed by atoms with Crippen molar-refractivity contribution in [1.82, 2.24) is 24.2 Å². The van der Waals surface area contributed by atoms with Gasteiger partial charge in [0.05, 0.1) is 22.5 Å². The molecule has 1 N–H and O–H groups in total. The first kappa shape index (κ1) is 20.0. The van der Waals surface area contributed by atoms with E-state index >= 15 is 0 Å². The number of carbonyl (C=O) groups is 1. The van der Waals surface area contributed by atoms with Gasteiger partial charge in [0.1, 0.15) is 0 Å². The highest BCUT2D eigenvalue weighted by molar-refractivity contribution is 7.88. The Kier molecular flexibility index (Phi) is 5.66. The number of piperidine rings is 1. The second-order valence-electron chi connectivity index (χ2n) is 7.21. The van der Waals surface area contributed by atoms with Crippen molar-refractivity contribution in [2.24, 2.45) is 5.92 Å². The molecule has 0 aromatic carbocycles. The van der Waals surface area contributed by atoms with Gasteiger partial charge in [0.25, 0.3) is 0 Å². The van der Waals surface area contributed by atoms with Crippen molar-refractivity contribution in [3.05, 3.63) is 41.5 Å². The van der Waals surface area contributed by atoms with Crippen LogP contribution in [-0.4, -0.2) is 59.1 Å². The molecule has 1 amide bonds. The molecule has 3 aromatic heterocycles. The number of sulfonamides is 1. The van der Waals surface area contributed by atoms with Gasteiger partial charge in [-0.2, -0.15) is 5.10 Å². The fourth-order valence-corrected chi connectivity index (χ4v) is 5.09. The highest BCUT2D eigenvalue weighted by Crippen LogP contribution is 2.23. The smallest absolute Gasteiger partial charge is 0.223 e. The molecular weight excluding hydrogens is 410 g/mol. The van der Waals surface area contributed by atoms with Crippen molar-refractivity contribution in [2.75, 3.05) is 25.9 Å². The van der Waals surface area contributed by atoms with E-state index in [4.69, 9.17) is 0 Å². The summed E-state index contributed by atoms with van der Waals surface area (Å²) in [6.45, 7) is 1.30. The van der Waals surface area contributed by atoms with E-state index in [0.29, 0.717) is 38.9 Å². The molecule has 0 radical (unpaired) electrons. The summed E-state index contributed by atoms with van der Waals surface area (Å²) in [7, 11) is -3.17. The molecule has 1 aliphatic heterocycles. The van der Waals surface area contributed by atoms with Crippen LogP contribution in [0.4, 0.5) is 0 Å². The van der Waals surface area contributed by atoms with Crippen LogP contribution in [0.3, 0.4) is 0 Å². The lowest BCUT2D eigenvalue weighted by Crippen LogP contribution is -2.42. The Morgan fingerprint density at radius 2 is 2.10 bits per heavy atom. The minimum absolute atomic E-state index is 0.0139. The molecule has 10 heteroatoms. The Morgan fingerprint density at radius 1 is 1.31 bits per heavy atom. The number of hydrogen-bond donors (Lipinski definition) is 1. The molecule has 1 fully saturated rings. The number of fused-ring (bicyclic) bond motifs is 1. The van der Waals surface area contributed by atoms with Gasteiger partial charge in [-0.25, -0.2) is 22.2 Å². The van der Waals surface area contributed by atoms with E-state index in [-0.39, 0.29) is 11.8 Å². The van der Waals surface area contributed by atoms with E-state index in [1.54, 1.807) is 15.9 Å². The summed E-state index contributed by atoms with van der Waals surface area (Å²) in [6, 6.07) is 7.92. The summed E-state index contributed by atoms with van der Waals surface area (Å²) >= 11 is 1.65. The lowest BCUT2D eigenvalue weighted by atomic mass is 9.97. The van der Waals surface area contributed by atoms with Crippen LogP contribution in [0.5, 0.6) is 0 Å². The third-order valence-electron chi connectivity index (χ3n) is 5.12. The number of hydrogen-bond acceptors (Lipinski definition) is 6. The Balaban J connectivity index is 1.30. The number of amides is 1. The largest absolute Gasteiger partial charge is 0.355 e. The Bertz CT molecular complexity index is 1100. The second kappa shape index (κ2) is 8.21. The number of nitrogens with zero attached hydrogens (tertiary/aromatic N) is 4. The minimum Gasteiger partial charge on any atom is -0.355 e. The first-order chi connectivity index (χ1) is 13.9. The molecule has 0 unspecified atom stereocenters. The van der Waals surface area contributed by atoms with Gasteiger partial charge in [-0.1, -0.05) is 6.07 Å². The molecule has 29 heavy (non-hydrogen) atoms. The van der Waals surface area contributed by atoms with Crippen molar-refractivity contribution in [1.29, 1.82) is 0 Å². The molecule has 0 aliphatic carbocycles. The van der Waals surface area contributed by atoms with Gasteiger partial charge >= 0.3 is 0 Å². The molecule has 1 aliphatic rings. The monoisotopic (exact) mass is 433 g/mol. The normalized spacial score (nSPS) is 16.3. The summed E-state index contributed by atoms with van der Waals surface area (Å²) < 4.78 is 26.3. The predicted molar refractivity (Wildman–Crippen MR) is 112 cm³/mol. The highest BCUT2D eigenvalue weighted by Gasteiger charge is 2.28. The fourth-order valence-electron chi connectivity index (χ4n) is 3.52. The topological polar surface area (TPSA) is 96.7 Å². The summed E-state index contributed by atoms with van der Waals surface area (Å²) in [5.74, 6) is -0.149. The van der Waals surface area contributed by atoms with Crippen molar-refractivity contribution in [2.45, 2.75) is 19.3 Å². The Morgan fingerprint density at radius 3 is 2.79 bits per heavy atom. The van der Waals surface area contributed by atoms with Crippen molar-refractivity contribution in [3.63, 3.8) is 0 Å². The number of thiophene rings is 1. The lowest BCUT2D eigenvalue weighted by Gasteiger charge is -2.29. The van der Waals surface area contributed by atoms with Gasteiger partial charge < -0.3 is 5.32 Å². The SMILES string of the molecule is CS(=O)(=O)N1CCC(C(=O)NCCc2cc3nc(-c4cccs4)ccn3n2)CC1. The predicted octanol–water partition coefficient (Wildman–Crippen LogP) is 1.79. The number of aromatic nitrogens is 3. The maximum absolute atomic E-state index is 12.4. The fraction of sp³-hybridized carbons (Fsp3) is 0.421. The van der Waals surface area contributed by atoms with Gasteiger partial charge in [-0.3, -0.25) is 4.79 Å². The lowest BCUT2D eigenvalue weighted by molar-refractivity contribution is -0.126. The van der Waals surface area contributed by atoms with Crippen LogP contribution in [0.15, 0.2) is 35.8 Å². The van der Waals surface area contributed by atoms with Gasteiger partial charge in [0.15, 0.2) is 5.65 Å². The summed E-state index contributed by atoms with van der Waals surface area (Å²) in [5, 5.41) is 9.50. The third-order valence-corrected chi connectivity index (χ3v) is 7.32. The van der Waals surface area contributed by atoms with E-state index in [9.17, 15) is 13.2 Å². The van der Waals surface area contributed by atoms with Gasteiger partial charge in [-0.05, 0) is 30.4 Å². The van der Waals surface area contributed by atoms with Crippen LogP contribution in [0.2, 0.25) is 0 Å². The van der Waals surface area contributed by atoms with E-state index < -0.39 is 10.0 Å². The molecule has 8 nitrogen and oxygen atoms in total. The first-order valence-corrected chi connectivity index (χ1v) is 12.2. The van der Waals surface area contributed by atoms with Crippen LogP contribution in [-0.2, 0) is 21.2 Å². The molecule has 0 atom stereocenters. The third kappa shape index (κ3) is 4.65. The zero-order valence-corrected chi connectivity index (χ0v) is 17.7. The van der Waals surface area contributed by atoms with E-state index in [0.717, 1.165) is 21.9 Å². The Hall–Kier alpha value is -2.30. The van der Waals surface area contributed by atoms with Crippen LogP contribution < -0.4 is 5.32 Å². The van der Waals surface area contributed by atoms with Crippen LogP contribution in [0, 0.1) is 5.92 Å². The van der Waals surface area contributed by atoms with Crippen molar-refractivity contribution < 1.29 is 13.2 Å². The number of nitrogens with one attached hydrogen (secondary N) is 1. The van der Waals surface area contributed by atoms with Crippen LogP contribution in [0.25, 0.3) is 16.2 Å². The zero-order valence-electron chi connectivity index (χ0n) is 16.1. The molecule has 4 rings (SSSR count). The van der Waals surface area contributed by atoms with Gasteiger partial charge in [0.2, 0.25) is 15.9 Å². The number of rotatable bonds is 6. The number of carbonyl (C=O) groups excluding carboxylic acids is 1. The average molecular weight is 434 g/mol.